The second kappa shape index (κ2) is 5.27. The van der Waals surface area contributed by atoms with Crippen molar-refractivity contribution < 1.29 is 4.74 Å². The molecule has 2 atom stereocenters. The molecule has 0 amide bonds. The molecule has 1 heterocycles. The van der Waals surface area contributed by atoms with Crippen molar-refractivity contribution in [3.05, 3.63) is 23.9 Å². The molecule has 0 aliphatic heterocycles. The van der Waals surface area contributed by atoms with Gasteiger partial charge >= 0.3 is 0 Å². The van der Waals surface area contributed by atoms with Gasteiger partial charge in [-0.25, -0.2) is 4.98 Å². The molecule has 1 aromatic heterocycles. The fourth-order valence-electron chi connectivity index (χ4n) is 3.09. The van der Waals surface area contributed by atoms with Gasteiger partial charge in [-0.3, -0.25) is 0 Å². The third kappa shape index (κ3) is 3.22. The van der Waals surface area contributed by atoms with Crippen LogP contribution < -0.4 is 10.1 Å². The number of methoxy groups -OCH3 is 1. The number of ether oxygens (including phenoxy) is 1. The van der Waals surface area contributed by atoms with Crippen molar-refractivity contribution in [2.24, 2.45) is 11.3 Å². The van der Waals surface area contributed by atoms with Gasteiger partial charge in [0, 0.05) is 24.8 Å². The molecule has 0 bridgehead atoms. The largest absolute Gasteiger partial charge is 0.481 e. The number of nitrogens with zero attached hydrogens (tertiary/aromatic N) is 1. The van der Waals surface area contributed by atoms with Crippen molar-refractivity contribution in [2.75, 3.05) is 7.11 Å². The quantitative estimate of drug-likeness (QED) is 0.889. The monoisotopic (exact) mass is 248 g/mol. The van der Waals surface area contributed by atoms with Crippen molar-refractivity contribution in [3.63, 3.8) is 0 Å². The molecule has 1 fully saturated rings. The first-order valence-electron chi connectivity index (χ1n) is 6.72. The van der Waals surface area contributed by atoms with Gasteiger partial charge < -0.3 is 10.1 Å². The third-order valence-corrected chi connectivity index (χ3v) is 3.91. The van der Waals surface area contributed by atoms with E-state index in [4.69, 9.17) is 4.74 Å². The summed E-state index contributed by atoms with van der Waals surface area (Å²) in [4.78, 5) is 4.13. The molecule has 0 aromatic carbocycles. The first-order valence-corrected chi connectivity index (χ1v) is 6.72. The topological polar surface area (TPSA) is 34.1 Å². The van der Waals surface area contributed by atoms with Crippen LogP contribution in [-0.2, 0) is 6.54 Å². The number of hydrogen-bond acceptors (Lipinski definition) is 3. The first-order chi connectivity index (χ1) is 8.50. The van der Waals surface area contributed by atoms with E-state index >= 15 is 0 Å². The van der Waals surface area contributed by atoms with Crippen LogP contribution in [0, 0.1) is 11.3 Å². The Morgan fingerprint density at radius 2 is 2.22 bits per heavy atom. The molecule has 2 unspecified atom stereocenters. The summed E-state index contributed by atoms with van der Waals surface area (Å²) in [5.41, 5.74) is 1.71. The van der Waals surface area contributed by atoms with E-state index in [1.54, 1.807) is 13.3 Å². The molecule has 3 nitrogen and oxygen atoms in total. The van der Waals surface area contributed by atoms with Gasteiger partial charge in [-0.15, -0.1) is 0 Å². The fourth-order valence-corrected chi connectivity index (χ4v) is 3.09. The lowest BCUT2D eigenvalue weighted by atomic mass is 9.91. The summed E-state index contributed by atoms with van der Waals surface area (Å²) in [6.45, 7) is 7.96. The molecule has 100 valence electrons. The third-order valence-electron chi connectivity index (χ3n) is 3.91. The van der Waals surface area contributed by atoms with E-state index in [0.717, 1.165) is 12.5 Å². The lowest BCUT2D eigenvalue weighted by molar-refractivity contribution is 0.362. The van der Waals surface area contributed by atoms with E-state index in [0.29, 0.717) is 17.3 Å². The highest BCUT2D eigenvalue weighted by Crippen LogP contribution is 2.40. The molecule has 1 aliphatic carbocycles. The highest BCUT2D eigenvalue weighted by atomic mass is 16.5. The molecule has 2 rings (SSSR count). The lowest BCUT2D eigenvalue weighted by Crippen LogP contribution is -2.31. The van der Waals surface area contributed by atoms with E-state index in [2.05, 4.69) is 31.1 Å². The second-order valence-corrected chi connectivity index (χ2v) is 6.24. The predicted molar refractivity (Wildman–Crippen MR) is 73.6 cm³/mol. The maximum atomic E-state index is 5.14. The van der Waals surface area contributed by atoms with Gasteiger partial charge in [0.25, 0.3) is 0 Å². The van der Waals surface area contributed by atoms with Gasteiger partial charge in [0.1, 0.15) is 0 Å². The van der Waals surface area contributed by atoms with Crippen molar-refractivity contribution >= 4 is 0 Å². The standard InChI is InChI=1S/C15H24N2O/c1-11-8-15(2,3)9-13(11)17-10-12-5-6-16-14(7-12)18-4/h5-7,11,13,17H,8-10H2,1-4H3. The van der Waals surface area contributed by atoms with Gasteiger partial charge in [-0.2, -0.15) is 0 Å². The molecule has 0 spiro atoms. The number of aromatic nitrogens is 1. The van der Waals surface area contributed by atoms with Gasteiger partial charge in [0.2, 0.25) is 5.88 Å². The number of pyridine rings is 1. The van der Waals surface area contributed by atoms with Crippen LogP contribution in [0.5, 0.6) is 5.88 Å². The minimum absolute atomic E-state index is 0.479. The first kappa shape index (κ1) is 13.3. The van der Waals surface area contributed by atoms with Crippen molar-refractivity contribution in [1.82, 2.24) is 10.3 Å². The van der Waals surface area contributed by atoms with Crippen LogP contribution >= 0.6 is 0 Å². The molecule has 1 aliphatic rings. The van der Waals surface area contributed by atoms with Crippen molar-refractivity contribution in [2.45, 2.75) is 46.2 Å². The van der Waals surface area contributed by atoms with E-state index < -0.39 is 0 Å². The van der Waals surface area contributed by atoms with Crippen molar-refractivity contribution in [1.29, 1.82) is 0 Å². The minimum atomic E-state index is 0.479. The molecular formula is C15H24N2O. The van der Waals surface area contributed by atoms with Crippen LogP contribution in [0.1, 0.15) is 39.2 Å². The van der Waals surface area contributed by atoms with E-state index in [-0.39, 0.29) is 0 Å². The Hall–Kier alpha value is -1.09. The minimum Gasteiger partial charge on any atom is -0.481 e. The Morgan fingerprint density at radius 1 is 1.44 bits per heavy atom. The lowest BCUT2D eigenvalue weighted by Gasteiger charge is -2.18. The average Bonchev–Trinajstić information content (AvgIpc) is 2.60. The summed E-state index contributed by atoms with van der Waals surface area (Å²) in [5, 5.41) is 3.67. The molecule has 3 heteroatoms. The van der Waals surface area contributed by atoms with Crippen LogP contribution in [0.15, 0.2) is 18.3 Å². The molecule has 1 N–H and O–H groups in total. The summed E-state index contributed by atoms with van der Waals surface area (Å²) in [5.74, 6) is 1.44. The molecule has 0 radical (unpaired) electrons. The van der Waals surface area contributed by atoms with Gasteiger partial charge in [0.15, 0.2) is 0 Å². The zero-order valence-corrected chi connectivity index (χ0v) is 11.9. The van der Waals surface area contributed by atoms with E-state index in [1.807, 2.05) is 12.1 Å². The Kier molecular flexibility index (Phi) is 3.91. The summed E-state index contributed by atoms with van der Waals surface area (Å²) in [6.07, 6.45) is 4.37. The summed E-state index contributed by atoms with van der Waals surface area (Å²) in [6, 6.07) is 4.66. The van der Waals surface area contributed by atoms with Crippen molar-refractivity contribution in [3.8, 4) is 5.88 Å². The average molecular weight is 248 g/mol. The smallest absolute Gasteiger partial charge is 0.213 e. The van der Waals surface area contributed by atoms with Gasteiger partial charge in [0.05, 0.1) is 7.11 Å². The highest BCUT2D eigenvalue weighted by molar-refractivity contribution is 5.20. The molecular weight excluding hydrogens is 224 g/mol. The Morgan fingerprint density at radius 3 is 2.83 bits per heavy atom. The zero-order chi connectivity index (χ0) is 13.2. The number of rotatable bonds is 4. The molecule has 1 saturated carbocycles. The normalized spacial score (nSPS) is 26.2. The van der Waals surface area contributed by atoms with E-state index in [9.17, 15) is 0 Å². The van der Waals surface area contributed by atoms with E-state index in [1.165, 1.54) is 18.4 Å². The van der Waals surface area contributed by atoms with Crippen LogP contribution in [0.2, 0.25) is 0 Å². The molecule has 18 heavy (non-hydrogen) atoms. The summed E-state index contributed by atoms with van der Waals surface area (Å²) >= 11 is 0. The van der Waals surface area contributed by atoms with Crippen LogP contribution in [0.3, 0.4) is 0 Å². The summed E-state index contributed by atoms with van der Waals surface area (Å²) < 4.78 is 5.14. The molecule has 0 saturated heterocycles. The van der Waals surface area contributed by atoms with Gasteiger partial charge in [-0.1, -0.05) is 20.8 Å². The van der Waals surface area contributed by atoms with Crippen LogP contribution in [0.25, 0.3) is 0 Å². The maximum absolute atomic E-state index is 5.14. The Balaban J connectivity index is 1.91. The predicted octanol–water partition coefficient (Wildman–Crippen LogP) is 3.00. The summed E-state index contributed by atoms with van der Waals surface area (Å²) in [7, 11) is 1.65. The Bertz CT molecular complexity index is 403. The van der Waals surface area contributed by atoms with Gasteiger partial charge in [-0.05, 0) is 35.8 Å². The highest BCUT2D eigenvalue weighted by Gasteiger charge is 2.36. The van der Waals surface area contributed by atoms with Crippen LogP contribution in [-0.4, -0.2) is 18.1 Å². The molecule has 1 aromatic rings. The zero-order valence-electron chi connectivity index (χ0n) is 11.9. The number of hydrogen-bond donors (Lipinski definition) is 1. The Labute approximate surface area is 110 Å². The maximum Gasteiger partial charge on any atom is 0.213 e. The fraction of sp³-hybridized carbons (Fsp3) is 0.667. The SMILES string of the molecule is COc1cc(CNC2CC(C)(C)CC2C)ccn1. The number of nitrogens with one attached hydrogen (secondary N) is 1. The second-order valence-electron chi connectivity index (χ2n) is 6.24. The van der Waals surface area contributed by atoms with Crippen LogP contribution in [0.4, 0.5) is 0 Å².